The molecule has 45 heavy (non-hydrogen) atoms. The van der Waals surface area contributed by atoms with Crippen molar-refractivity contribution in [2.24, 2.45) is 0 Å². The van der Waals surface area contributed by atoms with Gasteiger partial charge in [-0.1, -0.05) is 12.2 Å². The molecule has 0 spiro atoms. The number of fused-ring (bicyclic) bond motifs is 1. The first-order valence-corrected chi connectivity index (χ1v) is 15.0. The minimum absolute atomic E-state index is 0. The summed E-state index contributed by atoms with van der Waals surface area (Å²) in [6, 6.07) is 8.29. The van der Waals surface area contributed by atoms with E-state index in [1.165, 1.54) is 18.2 Å². The number of esters is 2. The van der Waals surface area contributed by atoms with Crippen molar-refractivity contribution in [3.05, 3.63) is 53.1 Å². The highest BCUT2D eigenvalue weighted by molar-refractivity contribution is 5.70. The Bertz CT molecular complexity index is 1270. The maximum absolute atomic E-state index is 12.3. The van der Waals surface area contributed by atoms with Gasteiger partial charge < -0.3 is 50.0 Å². The molecule has 0 unspecified atom stereocenters. The molecule has 250 valence electrons. The van der Waals surface area contributed by atoms with Crippen LogP contribution in [-0.4, -0.2) is 85.8 Å². The molecule has 0 N–H and O–H groups in total. The first kappa shape index (κ1) is 37.6. The van der Waals surface area contributed by atoms with Crippen LogP contribution < -0.4 is 36.1 Å². The zero-order valence-electron chi connectivity index (χ0n) is 27.6. The topological polar surface area (TPSA) is 98.8 Å². The summed E-state index contributed by atoms with van der Waals surface area (Å²) in [4.78, 5) is 23.5. The van der Waals surface area contributed by atoms with Crippen LogP contribution in [0.5, 0.6) is 28.7 Å². The summed E-state index contributed by atoms with van der Waals surface area (Å²) >= 11 is 0. The molecule has 0 fully saturated rings. The normalized spacial score (nSPS) is 17.1. The lowest BCUT2D eigenvalue weighted by atomic mass is 9.86. The van der Waals surface area contributed by atoms with Crippen LogP contribution in [0.2, 0.25) is 0 Å². The summed E-state index contributed by atoms with van der Waals surface area (Å²) in [7, 11) is 11.8. The van der Waals surface area contributed by atoms with Gasteiger partial charge in [0.2, 0.25) is 5.75 Å². The molecule has 0 aliphatic carbocycles. The summed E-state index contributed by atoms with van der Waals surface area (Å²) in [6.45, 7) is 2.10. The Hall–Kier alpha value is -3.63. The summed E-state index contributed by atoms with van der Waals surface area (Å²) in [5.74, 6) is 2.74. The maximum atomic E-state index is 12.3. The molecular formula is C34H48ClNO9. The van der Waals surface area contributed by atoms with Crippen LogP contribution >= 0.6 is 0 Å². The Balaban J connectivity index is 0.00000705. The standard InChI is InChI=1S/C34H48NO9.ClH/c1-35(16-12-18-44-33(37)14-11-9-8-10-13-32(36)42-6)17-15-25-22-28(38-2)29(39-3)23-26(25)27(35)19-24-20-30(40-4)34(43-7)31(21-24)41-5;/h8-9,20-23,27H,10-19H2,1-7H3;1H/q+1;/p-1/b9-8+;/t27-,35+;/m1./s1. The molecular weight excluding hydrogens is 602 g/mol. The summed E-state index contributed by atoms with van der Waals surface area (Å²) in [6.07, 6.45) is 7.94. The van der Waals surface area contributed by atoms with E-state index < -0.39 is 0 Å². The van der Waals surface area contributed by atoms with Crippen LogP contribution in [0.1, 0.15) is 54.8 Å². The molecule has 0 radical (unpaired) electrons. The third kappa shape index (κ3) is 9.93. The number of hydrogen-bond donors (Lipinski definition) is 0. The van der Waals surface area contributed by atoms with Gasteiger partial charge in [-0.05, 0) is 48.2 Å². The van der Waals surface area contributed by atoms with Crippen molar-refractivity contribution in [3.63, 3.8) is 0 Å². The molecule has 11 heteroatoms. The summed E-state index contributed by atoms with van der Waals surface area (Å²) in [5.41, 5.74) is 3.51. The number of benzene rings is 2. The second kappa shape index (κ2) is 18.4. The molecule has 2 aromatic carbocycles. The monoisotopic (exact) mass is 649 g/mol. The second-order valence-corrected chi connectivity index (χ2v) is 11.0. The van der Waals surface area contributed by atoms with E-state index in [4.69, 9.17) is 28.4 Å². The minimum Gasteiger partial charge on any atom is -1.00 e. The van der Waals surface area contributed by atoms with Crippen LogP contribution in [0.25, 0.3) is 0 Å². The number of hydrogen-bond acceptors (Lipinski definition) is 9. The second-order valence-electron chi connectivity index (χ2n) is 11.0. The number of nitrogens with zero attached hydrogens (tertiary/aromatic N) is 1. The zero-order valence-corrected chi connectivity index (χ0v) is 28.4. The molecule has 1 aliphatic heterocycles. The smallest absolute Gasteiger partial charge is 0.306 e. The van der Waals surface area contributed by atoms with Crippen molar-refractivity contribution in [1.82, 2.24) is 0 Å². The molecule has 1 heterocycles. The van der Waals surface area contributed by atoms with Crippen LogP contribution in [-0.2, 0) is 31.9 Å². The van der Waals surface area contributed by atoms with Gasteiger partial charge in [-0.25, -0.2) is 0 Å². The van der Waals surface area contributed by atoms with E-state index in [9.17, 15) is 9.59 Å². The Morgan fingerprint density at radius 1 is 0.800 bits per heavy atom. The van der Waals surface area contributed by atoms with Crippen molar-refractivity contribution in [2.75, 3.05) is 69.4 Å². The molecule has 10 nitrogen and oxygen atoms in total. The zero-order chi connectivity index (χ0) is 32.1. The summed E-state index contributed by atoms with van der Waals surface area (Å²) < 4.78 is 39.1. The first-order valence-electron chi connectivity index (χ1n) is 15.0. The fraction of sp³-hybridized carbons (Fsp3) is 0.529. The van der Waals surface area contributed by atoms with Crippen molar-refractivity contribution in [2.45, 2.75) is 51.0 Å². The predicted molar refractivity (Wildman–Crippen MR) is 167 cm³/mol. The minimum atomic E-state index is -0.243. The Kier molecular flexibility index (Phi) is 15.3. The van der Waals surface area contributed by atoms with Crippen LogP contribution in [0.4, 0.5) is 0 Å². The van der Waals surface area contributed by atoms with Crippen molar-refractivity contribution >= 4 is 11.9 Å². The summed E-state index contributed by atoms with van der Waals surface area (Å²) in [5, 5.41) is 0. The van der Waals surface area contributed by atoms with Gasteiger partial charge >= 0.3 is 11.9 Å². The number of allylic oxidation sites excluding steroid dienone is 2. The van der Waals surface area contributed by atoms with Gasteiger partial charge in [0.25, 0.3) is 0 Å². The quantitative estimate of drug-likeness (QED) is 0.111. The Morgan fingerprint density at radius 2 is 1.38 bits per heavy atom. The van der Waals surface area contributed by atoms with Crippen molar-refractivity contribution < 1.29 is 59.6 Å². The van der Waals surface area contributed by atoms with E-state index in [-0.39, 0.29) is 30.4 Å². The molecule has 1 aliphatic rings. The highest BCUT2D eigenvalue weighted by Gasteiger charge is 2.40. The van der Waals surface area contributed by atoms with Crippen LogP contribution in [0.3, 0.4) is 0 Å². The number of halogens is 1. The van der Waals surface area contributed by atoms with Crippen LogP contribution in [0, 0.1) is 0 Å². The lowest BCUT2D eigenvalue weighted by molar-refractivity contribution is -0.941. The van der Waals surface area contributed by atoms with E-state index in [1.807, 2.05) is 24.3 Å². The Morgan fingerprint density at radius 3 is 1.93 bits per heavy atom. The number of carbonyl (C=O) groups is 2. The van der Waals surface area contributed by atoms with Gasteiger partial charge in [-0.2, -0.15) is 0 Å². The van der Waals surface area contributed by atoms with Gasteiger partial charge in [0.15, 0.2) is 23.0 Å². The average Bonchev–Trinajstić information content (AvgIpc) is 3.04. The van der Waals surface area contributed by atoms with E-state index in [1.54, 1.807) is 35.5 Å². The van der Waals surface area contributed by atoms with E-state index in [0.717, 1.165) is 48.1 Å². The third-order valence-corrected chi connectivity index (χ3v) is 8.30. The largest absolute Gasteiger partial charge is 1.00 e. The first-order chi connectivity index (χ1) is 21.2. The number of carbonyl (C=O) groups excluding carboxylic acids is 2. The fourth-order valence-electron chi connectivity index (χ4n) is 5.83. The molecule has 0 saturated carbocycles. The molecule has 0 aromatic heterocycles. The average molecular weight is 650 g/mol. The van der Waals surface area contributed by atoms with Gasteiger partial charge in [-0.15, -0.1) is 0 Å². The highest BCUT2D eigenvalue weighted by atomic mass is 35.5. The fourth-order valence-corrected chi connectivity index (χ4v) is 5.83. The van der Waals surface area contributed by atoms with Crippen molar-refractivity contribution in [3.8, 4) is 28.7 Å². The number of likely N-dealkylation sites (N-methyl/N-ethyl adjacent to an activating group) is 1. The molecule has 0 amide bonds. The lowest BCUT2D eigenvalue weighted by Gasteiger charge is -2.46. The Labute approximate surface area is 273 Å². The molecule has 3 rings (SSSR count). The third-order valence-electron chi connectivity index (χ3n) is 8.30. The van der Waals surface area contributed by atoms with Gasteiger partial charge in [-0.3, -0.25) is 9.59 Å². The number of rotatable bonds is 17. The molecule has 2 atom stereocenters. The number of ether oxygens (including phenoxy) is 7. The molecule has 0 saturated heterocycles. The lowest BCUT2D eigenvalue weighted by Crippen LogP contribution is -3.00. The van der Waals surface area contributed by atoms with E-state index >= 15 is 0 Å². The maximum Gasteiger partial charge on any atom is 0.306 e. The van der Waals surface area contributed by atoms with E-state index in [2.05, 4.69) is 23.9 Å². The van der Waals surface area contributed by atoms with Crippen molar-refractivity contribution in [1.29, 1.82) is 0 Å². The van der Waals surface area contributed by atoms with Gasteiger partial charge in [0, 0.05) is 37.7 Å². The number of quaternary nitrogens is 1. The highest BCUT2D eigenvalue weighted by Crippen LogP contribution is 2.44. The molecule has 0 bridgehead atoms. The molecule has 2 aromatic rings. The van der Waals surface area contributed by atoms with Gasteiger partial charge in [0.05, 0.1) is 69.4 Å². The number of methoxy groups -OCH3 is 6. The SMILES string of the molecule is COC(=O)CC/C=C/CCC(=O)OCCC[N@@+]1(C)CCc2cc(OC)c(OC)cc2[C@H]1Cc1cc(OC)c(OC)c(OC)c1.[Cl-]. The van der Waals surface area contributed by atoms with Crippen LogP contribution in [0.15, 0.2) is 36.4 Å². The van der Waals surface area contributed by atoms with Gasteiger partial charge in [0.1, 0.15) is 6.04 Å². The van der Waals surface area contributed by atoms with E-state index in [0.29, 0.717) is 55.3 Å². The predicted octanol–water partition coefficient (Wildman–Crippen LogP) is 2.24.